The van der Waals surface area contributed by atoms with Crippen LogP contribution in [-0.4, -0.2) is 19.1 Å². The molecule has 0 aliphatic carbocycles. The summed E-state index contributed by atoms with van der Waals surface area (Å²) >= 11 is 0. The molecule has 3 nitrogen and oxygen atoms in total. The Morgan fingerprint density at radius 3 is 2.06 bits per heavy atom. The van der Waals surface area contributed by atoms with Gasteiger partial charge in [-0.25, -0.2) is 0 Å². The molecular weight excluding hydrogens is 226 g/mol. The van der Waals surface area contributed by atoms with Crippen LogP contribution in [0.15, 0.2) is 24.3 Å². The molecule has 0 fully saturated rings. The summed E-state index contributed by atoms with van der Waals surface area (Å²) in [6.45, 7) is 8.08. The molecule has 1 N–H and O–H groups in total. The Morgan fingerprint density at radius 1 is 1.11 bits per heavy atom. The van der Waals surface area contributed by atoms with Crippen LogP contribution >= 0.6 is 0 Å². The van der Waals surface area contributed by atoms with Crippen LogP contribution in [0.4, 0.5) is 0 Å². The predicted octanol–water partition coefficient (Wildman–Crippen LogP) is 2.96. The topological polar surface area (TPSA) is 38.3 Å². The highest BCUT2D eigenvalue weighted by molar-refractivity contribution is 5.84. The predicted molar refractivity (Wildman–Crippen MR) is 73.9 cm³/mol. The molecule has 1 rings (SSSR count). The van der Waals surface area contributed by atoms with Gasteiger partial charge >= 0.3 is 0 Å². The van der Waals surface area contributed by atoms with E-state index in [0.717, 1.165) is 11.3 Å². The third kappa shape index (κ3) is 3.76. The quantitative estimate of drug-likeness (QED) is 0.871. The number of rotatable bonds is 5. The van der Waals surface area contributed by atoms with Gasteiger partial charge in [-0.2, -0.15) is 0 Å². The molecule has 0 aromatic heterocycles. The number of nitrogens with one attached hydrogen (secondary N) is 1. The second-order valence-corrected chi connectivity index (χ2v) is 5.16. The molecule has 18 heavy (non-hydrogen) atoms. The minimum atomic E-state index is -0.113. The summed E-state index contributed by atoms with van der Waals surface area (Å²) in [6, 6.07) is 7.88. The van der Waals surface area contributed by atoms with Crippen LogP contribution < -0.4 is 10.1 Å². The lowest BCUT2D eigenvalue weighted by molar-refractivity contribution is -0.124. The van der Waals surface area contributed by atoms with Crippen molar-refractivity contribution in [1.82, 2.24) is 5.32 Å². The van der Waals surface area contributed by atoms with E-state index in [-0.39, 0.29) is 23.8 Å². The maximum atomic E-state index is 12.2. The van der Waals surface area contributed by atoms with Gasteiger partial charge in [0.25, 0.3) is 0 Å². The fourth-order valence-electron chi connectivity index (χ4n) is 2.02. The SMILES string of the molecule is COc1ccc(C(C(=O)NC(C)C)C(C)C)cc1. The zero-order valence-corrected chi connectivity index (χ0v) is 11.9. The van der Waals surface area contributed by atoms with E-state index in [4.69, 9.17) is 4.74 Å². The number of ether oxygens (including phenoxy) is 1. The average Bonchev–Trinajstić information content (AvgIpc) is 2.28. The number of methoxy groups -OCH3 is 1. The standard InChI is InChI=1S/C15H23NO2/c1-10(2)14(15(17)16-11(3)4)12-6-8-13(18-5)9-7-12/h6-11,14H,1-5H3,(H,16,17). The number of amides is 1. The van der Waals surface area contributed by atoms with Gasteiger partial charge in [0.05, 0.1) is 13.0 Å². The summed E-state index contributed by atoms with van der Waals surface area (Å²) in [7, 11) is 1.64. The highest BCUT2D eigenvalue weighted by Gasteiger charge is 2.24. The van der Waals surface area contributed by atoms with Gasteiger partial charge in [0.2, 0.25) is 5.91 Å². The summed E-state index contributed by atoms with van der Waals surface area (Å²) in [6.07, 6.45) is 0. The Labute approximate surface area is 110 Å². The van der Waals surface area contributed by atoms with Crippen molar-refractivity contribution in [2.24, 2.45) is 5.92 Å². The second-order valence-electron chi connectivity index (χ2n) is 5.16. The van der Waals surface area contributed by atoms with E-state index in [2.05, 4.69) is 19.2 Å². The Hall–Kier alpha value is -1.51. The summed E-state index contributed by atoms with van der Waals surface area (Å²) in [5, 5.41) is 2.98. The Morgan fingerprint density at radius 2 is 1.67 bits per heavy atom. The minimum absolute atomic E-state index is 0.0881. The van der Waals surface area contributed by atoms with E-state index in [1.54, 1.807) is 7.11 Å². The second kappa shape index (κ2) is 6.43. The first-order valence-corrected chi connectivity index (χ1v) is 6.40. The number of carbonyl (C=O) groups excluding carboxylic acids is 1. The monoisotopic (exact) mass is 249 g/mol. The average molecular weight is 249 g/mol. The Bertz CT molecular complexity index is 382. The molecule has 1 aromatic carbocycles. The van der Waals surface area contributed by atoms with Crippen LogP contribution in [0.2, 0.25) is 0 Å². The minimum Gasteiger partial charge on any atom is -0.497 e. The molecule has 1 unspecified atom stereocenters. The van der Waals surface area contributed by atoms with E-state index >= 15 is 0 Å². The molecule has 0 saturated heterocycles. The van der Waals surface area contributed by atoms with Gasteiger partial charge in [0.15, 0.2) is 0 Å². The van der Waals surface area contributed by atoms with E-state index in [1.807, 2.05) is 38.1 Å². The lowest BCUT2D eigenvalue weighted by atomic mass is 9.87. The Kier molecular flexibility index (Phi) is 5.20. The van der Waals surface area contributed by atoms with Gasteiger partial charge in [-0.1, -0.05) is 26.0 Å². The van der Waals surface area contributed by atoms with Crippen LogP contribution in [0.3, 0.4) is 0 Å². The van der Waals surface area contributed by atoms with Gasteiger partial charge in [0.1, 0.15) is 5.75 Å². The maximum absolute atomic E-state index is 12.2. The molecule has 0 heterocycles. The summed E-state index contributed by atoms with van der Waals surface area (Å²) < 4.78 is 5.13. The smallest absolute Gasteiger partial charge is 0.227 e. The van der Waals surface area contributed by atoms with Crippen molar-refractivity contribution in [3.8, 4) is 5.75 Å². The Balaban J connectivity index is 2.93. The van der Waals surface area contributed by atoms with Crippen LogP contribution in [0.5, 0.6) is 5.75 Å². The molecule has 3 heteroatoms. The van der Waals surface area contributed by atoms with Gasteiger partial charge in [-0.05, 0) is 37.5 Å². The molecule has 1 amide bonds. The molecule has 0 aliphatic rings. The first-order chi connectivity index (χ1) is 8.45. The molecule has 100 valence electrons. The van der Waals surface area contributed by atoms with Crippen LogP contribution in [-0.2, 0) is 4.79 Å². The highest BCUT2D eigenvalue weighted by Crippen LogP contribution is 2.26. The van der Waals surface area contributed by atoms with Crippen LogP contribution in [0.25, 0.3) is 0 Å². The maximum Gasteiger partial charge on any atom is 0.227 e. The third-order valence-electron chi connectivity index (χ3n) is 2.85. The third-order valence-corrected chi connectivity index (χ3v) is 2.85. The van der Waals surface area contributed by atoms with Crippen molar-refractivity contribution in [2.75, 3.05) is 7.11 Å². The molecular formula is C15H23NO2. The van der Waals surface area contributed by atoms with Crippen molar-refractivity contribution >= 4 is 5.91 Å². The number of hydrogen-bond acceptors (Lipinski definition) is 2. The number of carbonyl (C=O) groups is 1. The van der Waals surface area contributed by atoms with Crippen molar-refractivity contribution in [3.63, 3.8) is 0 Å². The molecule has 1 atom stereocenters. The molecule has 0 saturated carbocycles. The summed E-state index contributed by atoms with van der Waals surface area (Å²) in [5.41, 5.74) is 1.03. The van der Waals surface area contributed by atoms with Crippen LogP contribution in [0, 0.1) is 5.92 Å². The van der Waals surface area contributed by atoms with Crippen LogP contribution in [0.1, 0.15) is 39.2 Å². The van der Waals surface area contributed by atoms with E-state index in [9.17, 15) is 4.79 Å². The lowest BCUT2D eigenvalue weighted by Gasteiger charge is -2.22. The lowest BCUT2D eigenvalue weighted by Crippen LogP contribution is -2.36. The van der Waals surface area contributed by atoms with Gasteiger partial charge < -0.3 is 10.1 Å². The summed E-state index contributed by atoms with van der Waals surface area (Å²) in [4.78, 5) is 12.2. The van der Waals surface area contributed by atoms with Crippen molar-refractivity contribution in [3.05, 3.63) is 29.8 Å². The van der Waals surface area contributed by atoms with E-state index < -0.39 is 0 Å². The molecule has 0 aliphatic heterocycles. The molecule has 0 radical (unpaired) electrons. The first kappa shape index (κ1) is 14.6. The fourth-order valence-corrected chi connectivity index (χ4v) is 2.02. The van der Waals surface area contributed by atoms with Crippen molar-refractivity contribution in [2.45, 2.75) is 39.7 Å². The molecule has 0 spiro atoms. The van der Waals surface area contributed by atoms with E-state index in [1.165, 1.54) is 0 Å². The van der Waals surface area contributed by atoms with E-state index in [0.29, 0.717) is 0 Å². The number of benzene rings is 1. The van der Waals surface area contributed by atoms with Gasteiger partial charge in [-0.15, -0.1) is 0 Å². The zero-order valence-electron chi connectivity index (χ0n) is 11.9. The normalized spacial score (nSPS) is 12.6. The fraction of sp³-hybridized carbons (Fsp3) is 0.533. The first-order valence-electron chi connectivity index (χ1n) is 6.40. The van der Waals surface area contributed by atoms with Crippen molar-refractivity contribution < 1.29 is 9.53 Å². The van der Waals surface area contributed by atoms with Gasteiger partial charge in [0, 0.05) is 6.04 Å². The molecule has 1 aromatic rings. The molecule has 0 bridgehead atoms. The van der Waals surface area contributed by atoms with Crippen molar-refractivity contribution in [1.29, 1.82) is 0 Å². The van der Waals surface area contributed by atoms with Gasteiger partial charge in [-0.3, -0.25) is 4.79 Å². The largest absolute Gasteiger partial charge is 0.497 e. The highest BCUT2D eigenvalue weighted by atomic mass is 16.5. The number of hydrogen-bond donors (Lipinski definition) is 1. The summed E-state index contributed by atoms with van der Waals surface area (Å²) in [5.74, 6) is 1.05. The zero-order chi connectivity index (χ0) is 13.7.